The Hall–Kier alpha value is -3.19. The van der Waals surface area contributed by atoms with Crippen molar-refractivity contribution in [2.75, 3.05) is 24.2 Å². The van der Waals surface area contributed by atoms with E-state index in [1.54, 1.807) is 24.0 Å². The van der Waals surface area contributed by atoms with Crippen molar-refractivity contribution in [3.63, 3.8) is 0 Å². The number of carbonyl (C=O) groups excluding carboxylic acids is 2. The summed E-state index contributed by atoms with van der Waals surface area (Å²) in [6, 6.07) is 19.7. The van der Waals surface area contributed by atoms with Gasteiger partial charge < -0.3 is 10.2 Å². The van der Waals surface area contributed by atoms with Crippen molar-refractivity contribution in [3.8, 4) is 0 Å². The second-order valence-electron chi connectivity index (χ2n) is 8.03. The Kier molecular flexibility index (Phi) is 6.28. The Bertz CT molecular complexity index is 1250. The first-order chi connectivity index (χ1) is 15.4. The van der Waals surface area contributed by atoms with Gasteiger partial charge in [-0.2, -0.15) is 0 Å². The van der Waals surface area contributed by atoms with Gasteiger partial charge in [0.1, 0.15) is 0 Å². The minimum atomic E-state index is -3.28. The molecule has 1 N–H and O–H groups in total. The molecule has 3 aromatic rings. The van der Waals surface area contributed by atoms with E-state index in [0.29, 0.717) is 30.8 Å². The smallest absolute Gasteiger partial charge is 0.254 e. The summed E-state index contributed by atoms with van der Waals surface area (Å²) in [6.07, 6.45) is 1.45. The molecule has 4 rings (SSSR count). The standard InChI is InChI=1S/C25H26N2O4S/c1-2-32(30,31)21-14-12-20(13-15-21)26-24(28)19-9-6-16-27(17-19)25(29)23-11-5-8-18-7-3-4-10-22(18)23/h3-5,7-8,10-15,19H,2,6,9,16-17H2,1H3,(H,26,28). The first kappa shape index (κ1) is 22.0. The minimum absolute atomic E-state index is 0.0291. The summed E-state index contributed by atoms with van der Waals surface area (Å²) in [6.45, 7) is 2.57. The van der Waals surface area contributed by atoms with Gasteiger partial charge in [-0.1, -0.05) is 43.3 Å². The molecule has 0 bridgehead atoms. The molecule has 1 unspecified atom stereocenters. The molecular formula is C25H26N2O4S. The monoisotopic (exact) mass is 450 g/mol. The number of piperidine rings is 1. The lowest BCUT2D eigenvalue weighted by atomic mass is 9.95. The molecule has 1 atom stereocenters. The molecule has 1 aliphatic heterocycles. The summed E-state index contributed by atoms with van der Waals surface area (Å²) in [5, 5.41) is 4.79. The third-order valence-electron chi connectivity index (χ3n) is 5.96. The summed E-state index contributed by atoms with van der Waals surface area (Å²) in [4.78, 5) is 28.1. The van der Waals surface area contributed by atoms with Gasteiger partial charge in [0.05, 0.1) is 16.6 Å². The van der Waals surface area contributed by atoms with Crippen LogP contribution in [0.5, 0.6) is 0 Å². The van der Waals surface area contributed by atoms with Crippen molar-refractivity contribution in [1.82, 2.24) is 4.90 Å². The molecule has 1 heterocycles. The van der Waals surface area contributed by atoms with Crippen molar-refractivity contribution in [3.05, 3.63) is 72.3 Å². The molecule has 0 aromatic heterocycles. The molecule has 3 aromatic carbocycles. The summed E-state index contributed by atoms with van der Waals surface area (Å²) < 4.78 is 23.9. The maximum Gasteiger partial charge on any atom is 0.254 e. The predicted octanol–water partition coefficient (Wildman–Crippen LogP) is 4.12. The third kappa shape index (κ3) is 4.53. The van der Waals surface area contributed by atoms with Crippen LogP contribution in [0.1, 0.15) is 30.1 Å². The number of sulfone groups is 1. The normalized spacial score (nSPS) is 16.7. The highest BCUT2D eigenvalue weighted by molar-refractivity contribution is 7.91. The second kappa shape index (κ2) is 9.12. The van der Waals surface area contributed by atoms with E-state index in [1.807, 2.05) is 42.5 Å². The highest BCUT2D eigenvalue weighted by atomic mass is 32.2. The van der Waals surface area contributed by atoms with E-state index in [-0.39, 0.29) is 28.4 Å². The van der Waals surface area contributed by atoms with Crippen molar-refractivity contribution in [2.45, 2.75) is 24.7 Å². The highest BCUT2D eigenvalue weighted by Crippen LogP contribution is 2.25. The Balaban J connectivity index is 1.45. The van der Waals surface area contributed by atoms with Gasteiger partial charge in [0, 0.05) is 24.3 Å². The van der Waals surface area contributed by atoms with E-state index in [1.165, 1.54) is 12.1 Å². The number of carbonyl (C=O) groups is 2. The van der Waals surface area contributed by atoms with Crippen molar-refractivity contribution in [2.24, 2.45) is 5.92 Å². The van der Waals surface area contributed by atoms with Crippen LogP contribution >= 0.6 is 0 Å². The van der Waals surface area contributed by atoms with Crippen LogP contribution in [0.4, 0.5) is 5.69 Å². The molecule has 2 amide bonds. The van der Waals surface area contributed by atoms with Crippen LogP contribution in [0, 0.1) is 5.92 Å². The number of hydrogen-bond donors (Lipinski definition) is 1. The van der Waals surface area contributed by atoms with Crippen LogP contribution in [-0.2, 0) is 14.6 Å². The second-order valence-corrected chi connectivity index (χ2v) is 10.3. The Morgan fingerprint density at radius 2 is 1.72 bits per heavy atom. The maximum atomic E-state index is 13.2. The minimum Gasteiger partial charge on any atom is -0.338 e. The van der Waals surface area contributed by atoms with Crippen LogP contribution in [0.25, 0.3) is 10.8 Å². The number of nitrogens with zero attached hydrogens (tertiary/aromatic N) is 1. The first-order valence-electron chi connectivity index (χ1n) is 10.8. The predicted molar refractivity (Wildman–Crippen MR) is 125 cm³/mol. The number of amides is 2. The quantitative estimate of drug-likeness (QED) is 0.634. The molecule has 166 valence electrons. The number of rotatable bonds is 5. The molecule has 0 aliphatic carbocycles. The molecule has 1 saturated heterocycles. The zero-order valence-corrected chi connectivity index (χ0v) is 18.8. The fourth-order valence-corrected chi connectivity index (χ4v) is 5.00. The molecule has 0 radical (unpaired) electrons. The van der Waals surface area contributed by atoms with Crippen molar-refractivity contribution in [1.29, 1.82) is 0 Å². The van der Waals surface area contributed by atoms with Crippen LogP contribution in [0.15, 0.2) is 71.6 Å². The van der Waals surface area contributed by atoms with E-state index in [2.05, 4.69) is 5.32 Å². The van der Waals surface area contributed by atoms with Gasteiger partial charge in [-0.25, -0.2) is 8.42 Å². The maximum absolute atomic E-state index is 13.2. The largest absolute Gasteiger partial charge is 0.338 e. The van der Waals surface area contributed by atoms with Gasteiger partial charge in [-0.05, 0) is 53.9 Å². The van der Waals surface area contributed by atoms with Gasteiger partial charge >= 0.3 is 0 Å². The zero-order valence-electron chi connectivity index (χ0n) is 18.0. The van der Waals surface area contributed by atoms with Crippen LogP contribution in [0.3, 0.4) is 0 Å². The average Bonchev–Trinajstić information content (AvgIpc) is 2.83. The SMILES string of the molecule is CCS(=O)(=O)c1ccc(NC(=O)C2CCCN(C(=O)c3cccc4ccccc34)C2)cc1. The number of nitrogens with one attached hydrogen (secondary N) is 1. The number of fused-ring (bicyclic) bond motifs is 1. The van der Waals surface area contributed by atoms with Gasteiger partial charge in [0.25, 0.3) is 5.91 Å². The van der Waals surface area contributed by atoms with E-state index in [4.69, 9.17) is 0 Å². The number of hydrogen-bond acceptors (Lipinski definition) is 4. The van der Waals surface area contributed by atoms with Gasteiger partial charge in [-0.3, -0.25) is 9.59 Å². The summed E-state index contributed by atoms with van der Waals surface area (Å²) in [7, 11) is -3.28. The number of anilines is 1. The summed E-state index contributed by atoms with van der Waals surface area (Å²) >= 11 is 0. The lowest BCUT2D eigenvalue weighted by Crippen LogP contribution is -2.43. The highest BCUT2D eigenvalue weighted by Gasteiger charge is 2.29. The molecule has 1 aliphatic rings. The molecule has 0 spiro atoms. The number of likely N-dealkylation sites (tertiary alicyclic amines) is 1. The fourth-order valence-electron chi connectivity index (χ4n) is 4.11. The van der Waals surface area contributed by atoms with Gasteiger partial charge in [0.15, 0.2) is 9.84 Å². The average molecular weight is 451 g/mol. The Morgan fingerprint density at radius 3 is 2.47 bits per heavy atom. The molecule has 7 heteroatoms. The third-order valence-corrected chi connectivity index (χ3v) is 7.71. The van der Waals surface area contributed by atoms with E-state index >= 15 is 0 Å². The van der Waals surface area contributed by atoms with E-state index in [9.17, 15) is 18.0 Å². The lowest BCUT2D eigenvalue weighted by molar-refractivity contribution is -0.121. The van der Waals surface area contributed by atoms with Crippen molar-refractivity contribution < 1.29 is 18.0 Å². The molecule has 6 nitrogen and oxygen atoms in total. The van der Waals surface area contributed by atoms with Crippen LogP contribution in [0.2, 0.25) is 0 Å². The zero-order chi connectivity index (χ0) is 22.7. The van der Waals surface area contributed by atoms with Crippen LogP contribution < -0.4 is 5.32 Å². The van der Waals surface area contributed by atoms with E-state index in [0.717, 1.165) is 17.2 Å². The molecular weight excluding hydrogens is 424 g/mol. The molecule has 0 saturated carbocycles. The van der Waals surface area contributed by atoms with E-state index < -0.39 is 9.84 Å². The Labute approximate surface area is 188 Å². The van der Waals surface area contributed by atoms with Crippen molar-refractivity contribution >= 4 is 38.1 Å². The topological polar surface area (TPSA) is 83.6 Å². The fraction of sp³-hybridized carbons (Fsp3) is 0.280. The number of benzene rings is 3. The molecule has 32 heavy (non-hydrogen) atoms. The lowest BCUT2D eigenvalue weighted by Gasteiger charge is -2.32. The van der Waals surface area contributed by atoms with Crippen LogP contribution in [-0.4, -0.2) is 44.0 Å². The van der Waals surface area contributed by atoms with Gasteiger partial charge in [-0.15, -0.1) is 0 Å². The summed E-state index contributed by atoms with van der Waals surface area (Å²) in [5.74, 6) is -0.511. The molecule has 1 fully saturated rings. The Morgan fingerprint density at radius 1 is 1.00 bits per heavy atom. The first-order valence-corrected chi connectivity index (χ1v) is 12.4. The van der Waals surface area contributed by atoms with Gasteiger partial charge in [0.2, 0.25) is 5.91 Å². The summed E-state index contributed by atoms with van der Waals surface area (Å²) in [5.41, 5.74) is 1.19.